The predicted molar refractivity (Wildman–Crippen MR) is 104 cm³/mol. The maximum atomic E-state index is 9.39. The molecule has 1 unspecified atom stereocenters. The SMILES string of the molecule is C=C(c1[c]cccc1)C(C#N)CCCCCCCCCCCCC. The molecule has 0 aliphatic heterocycles. The van der Waals surface area contributed by atoms with Crippen molar-refractivity contribution in [3.8, 4) is 6.07 Å². The van der Waals surface area contributed by atoms with Gasteiger partial charge in [0.05, 0.1) is 12.0 Å². The van der Waals surface area contributed by atoms with E-state index in [9.17, 15) is 5.26 Å². The molecule has 0 heterocycles. The monoisotopic (exact) mass is 324 g/mol. The van der Waals surface area contributed by atoms with Crippen LogP contribution >= 0.6 is 0 Å². The Morgan fingerprint density at radius 2 is 1.58 bits per heavy atom. The summed E-state index contributed by atoms with van der Waals surface area (Å²) in [6.45, 7) is 6.38. The van der Waals surface area contributed by atoms with Crippen molar-refractivity contribution in [3.63, 3.8) is 0 Å². The number of hydrogen-bond donors (Lipinski definition) is 0. The van der Waals surface area contributed by atoms with Gasteiger partial charge in [-0.1, -0.05) is 108 Å². The summed E-state index contributed by atoms with van der Waals surface area (Å²) in [5.74, 6) is -0.0674. The van der Waals surface area contributed by atoms with Crippen molar-refractivity contribution in [2.45, 2.75) is 84.0 Å². The number of benzene rings is 1. The summed E-state index contributed by atoms with van der Waals surface area (Å²) in [6.07, 6.45) is 15.7. The fourth-order valence-electron chi connectivity index (χ4n) is 3.11. The predicted octanol–water partition coefficient (Wildman–Crippen LogP) is 7.34. The lowest BCUT2D eigenvalue weighted by atomic mass is 9.90. The van der Waals surface area contributed by atoms with E-state index in [1.807, 2.05) is 24.3 Å². The van der Waals surface area contributed by atoms with Gasteiger partial charge in [-0.15, -0.1) is 0 Å². The van der Waals surface area contributed by atoms with Crippen LogP contribution in [0.3, 0.4) is 0 Å². The number of unbranched alkanes of at least 4 members (excludes halogenated alkanes) is 10. The first-order valence-electron chi connectivity index (χ1n) is 9.85. The molecule has 1 aromatic carbocycles. The van der Waals surface area contributed by atoms with E-state index in [2.05, 4.69) is 25.6 Å². The van der Waals surface area contributed by atoms with Gasteiger partial charge in [-0.05, 0) is 23.6 Å². The molecular weight excluding hydrogens is 290 g/mol. The average Bonchev–Trinajstić information content (AvgIpc) is 2.63. The molecule has 0 amide bonds. The lowest BCUT2D eigenvalue weighted by molar-refractivity contribution is 0.537. The summed E-state index contributed by atoms with van der Waals surface area (Å²) in [5, 5.41) is 9.39. The first kappa shape index (κ1) is 20.5. The first-order chi connectivity index (χ1) is 11.8. The van der Waals surface area contributed by atoms with Crippen LogP contribution in [0.2, 0.25) is 0 Å². The highest BCUT2D eigenvalue weighted by atomic mass is 14.3. The minimum absolute atomic E-state index is 0.0674. The minimum atomic E-state index is -0.0674. The molecule has 1 heteroatoms. The molecule has 0 spiro atoms. The second-order valence-electron chi connectivity index (χ2n) is 6.81. The Morgan fingerprint density at radius 1 is 1.00 bits per heavy atom. The lowest BCUT2D eigenvalue weighted by Crippen LogP contribution is -2.00. The molecular formula is C23H34N. The van der Waals surface area contributed by atoms with Crippen LogP contribution in [0.15, 0.2) is 30.8 Å². The number of rotatable bonds is 14. The molecule has 0 bridgehead atoms. The summed E-state index contributed by atoms with van der Waals surface area (Å²) >= 11 is 0. The lowest BCUT2D eigenvalue weighted by Gasteiger charge is -2.12. The Bertz CT molecular complexity index is 469. The molecule has 1 aromatic rings. The summed E-state index contributed by atoms with van der Waals surface area (Å²) in [6, 6.07) is 13.4. The van der Waals surface area contributed by atoms with Crippen molar-refractivity contribution in [2.75, 3.05) is 0 Å². The van der Waals surface area contributed by atoms with E-state index in [1.165, 1.54) is 64.2 Å². The van der Waals surface area contributed by atoms with Gasteiger partial charge in [0.25, 0.3) is 0 Å². The van der Waals surface area contributed by atoms with Gasteiger partial charge in [0, 0.05) is 0 Å². The fourth-order valence-corrected chi connectivity index (χ4v) is 3.11. The molecule has 0 aliphatic rings. The Labute approximate surface area is 149 Å². The Balaban J connectivity index is 2.05. The van der Waals surface area contributed by atoms with Crippen molar-refractivity contribution in [3.05, 3.63) is 42.5 Å². The van der Waals surface area contributed by atoms with Gasteiger partial charge in [0.15, 0.2) is 0 Å². The molecule has 131 valence electrons. The zero-order valence-electron chi connectivity index (χ0n) is 15.5. The largest absolute Gasteiger partial charge is 0.198 e. The van der Waals surface area contributed by atoms with E-state index < -0.39 is 0 Å². The molecule has 1 radical (unpaired) electrons. The average molecular weight is 325 g/mol. The highest BCUT2D eigenvalue weighted by Crippen LogP contribution is 2.25. The second-order valence-corrected chi connectivity index (χ2v) is 6.81. The van der Waals surface area contributed by atoms with E-state index in [-0.39, 0.29) is 5.92 Å². The van der Waals surface area contributed by atoms with Crippen LogP contribution in [0.4, 0.5) is 0 Å². The fraction of sp³-hybridized carbons (Fsp3) is 0.609. The van der Waals surface area contributed by atoms with E-state index in [0.717, 1.165) is 24.0 Å². The normalized spacial score (nSPS) is 11.8. The van der Waals surface area contributed by atoms with Gasteiger partial charge < -0.3 is 0 Å². The highest BCUT2D eigenvalue weighted by Gasteiger charge is 2.13. The number of nitrogens with zero attached hydrogens (tertiary/aromatic N) is 1. The quantitative estimate of drug-likeness (QED) is 0.328. The van der Waals surface area contributed by atoms with Crippen LogP contribution in [0, 0.1) is 23.3 Å². The van der Waals surface area contributed by atoms with Crippen molar-refractivity contribution in [1.82, 2.24) is 0 Å². The van der Waals surface area contributed by atoms with Gasteiger partial charge in [-0.3, -0.25) is 0 Å². The summed E-state index contributed by atoms with van der Waals surface area (Å²) in [5.41, 5.74) is 1.90. The molecule has 24 heavy (non-hydrogen) atoms. The molecule has 0 aliphatic carbocycles. The number of allylic oxidation sites excluding steroid dienone is 1. The highest BCUT2D eigenvalue weighted by molar-refractivity contribution is 5.66. The zero-order chi connectivity index (χ0) is 17.5. The Kier molecular flexibility index (Phi) is 11.8. The summed E-state index contributed by atoms with van der Waals surface area (Å²) in [4.78, 5) is 0. The Hall–Kier alpha value is -1.55. The third-order valence-electron chi connectivity index (χ3n) is 4.73. The van der Waals surface area contributed by atoms with Crippen molar-refractivity contribution in [2.24, 2.45) is 5.92 Å². The minimum Gasteiger partial charge on any atom is -0.198 e. The van der Waals surface area contributed by atoms with Crippen LogP contribution < -0.4 is 0 Å². The molecule has 1 nitrogen and oxygen atoms in total. The Morgan fingerprint density at radius 3 is 2.08 bits per heavy atom. The van der Waals surface area contributed by atoms with E-state index in [1.54, 1.807) is 0 Å². The maximum Gasteiger partial charge on any atom is 0.0713 e. The summed E-state index contributed by atoms with van der Waals surface area (Å²) < 4.78 is 0. The van der Waals surface area contributed by atoms with Crippen molar-refractivity contribution < 1.29 is 0 Å². The molecule has 1 rings (SSSR count). The maximum absolute atomic E-state index is 9.39. The van der Waals surface area contributed by atoms with Crippen LogP contribution in [0.1, 0.15) is 89.5 Å². The second kappa shape index (κ2) is 13.8. The molecule has 0 fully saturated rings. The smallest absolute Gasteiger partial charge is 0.0713 e. The van der Waals surface area contributed by atoms with Gasteiger partial charge in [-0.25, -0.2) is 0 Å². The summed E-state index contributed by atoms with van der Waals surface area (Å²) in [7, 11) is 0. The third-order valence-corrected chi connectivity index (χ3v) is 4.73. The molecule has 0 aromatic heterocycles. The van der Waals surface area contributed by atoms with E-state index in [0.29, 0.717) is 0 Å². The van der Waals surface area contributed by atoms with Gasteiger partial charge >= 0.3 is 0 Å². The topological polar surface area (TPSA) is 23.8 Å². The molecule has 1 atom stereocenters. The van der Waals surface area contributed by atoms with Crippen LogP contribution in [0.25, 0.3) is 5.57 Å². The third kappa shape index (κ3) is 8.92. The van der Waals surface area contributed by atoms with Gasteiger partial charge in [0.1, 0.15) is 0 Å². The van der Waals surface area contributed by atoms with E-state index >= 15 is 0 Å². The van der Waals surface area contributed by atoms with Crippen LogP contribution in [-0.4, -0.2) is 0 Å². The van der Waals surface area contributed by atoms with Crippen LogP contribution in [0.5, 0.6) is 0 Å². The van der Waals surface area contributed by atoms with Crippen molar-refractivity contribution in [1.29, 1.82) is 5.26 Å². The number of nitriles is 1. The first-order valence-corrected chi connectivity index (χ1v) is 9.85. The van der Waals surface area contributed by atoms with Crippen molar-refractivity contribution >= 4 is 5.57 Å². The number of hydrogen-bond acceptors (Lipinski definition) is 1. The molecule has 0 saturated carbocycles. The molecule has 0 saturated heterocycles. The zero-order valence-corrected chi connectivity index (χ0v) is 15.5. The standard InChI is InChI=1S/C23H34N/c1-3-4-5-6-7-8-9-10-11-12-14-19-23(20-24)21(2)22-17-15-13-16-18-22/h13,15-17,23H,2-12,14,19H2,1H3. The van der Waals surface area contributed by atoms with Crippen LogP contribution in [-0.2, 0) is 0 Å². The van der Waals surface area contributed by atoms with Gasteiger partial charge in [-0.2, -0.15) is 5.26 Å². The van der Waals surface area contributed by atoms with E-state index in [4.69, 9.17) is 0 Å². The van der Waals surface area contributed by atoms with Gasteiger partial charge in [0.2, 0.25) is 0 Å². The molecule has 0 N–H and O–H groups in total.